The van der Waals surface area contributed by atoms with E-state index in [1.807, 2.05) is 35.4 Å². The normalized spacial score (nSPS) is 18.2. The summed E-state index contributed by atoms with van der Waals surface area (Å²) in [5.74, 6) is 0.533. The molecule has 1 aromatic heterocycles. The van der Waals surface area contributed by atoms with Crippen LogP contribution in [0.1, 0.15) is 16.8 Å². The number of rotatable bonds is 6. The number of amides is 1. The fourth-order valence-corrected chi connectivity index (χ4v) is 2.91. The van der Waals surface area contributed by atoms with Crippen LogP contribution in [0, 0.1) is 5.92 Å². The summed E-state index contributed by atoms with van der Waals surface area (Å²) in [5, 5.41) is 1.13. The molecule has 5 heteroatoms. The van der Waals surface area contributed by atoms with E-state index < -0.39 is 0 Å². The number of ether oxygens (including phenoxy) is 2. The van der Waals surface area contributed by atoms with E-state index in [1.165, 1.54) is 0 Å². The number of benzene rings is 1. The third kappa shape index (κ3) is 3.31. The van der Waals surface area contributed by atoms with Gasteiger partial charge in [-0.25, -0.2) is 0 Å². The Morgan fingerprint density at radius 2 is 2.27 bits per heavy atom. The Morgan fingerprint density at radius 1 is 1.36 bits per heavy atom. The lowest BCUT2D eigenvalue weighted by Crippen LogP contribution is -2.29. The molecule has 1 unspecified atom stereocenters. The zero-order chi connectivity index (χ0) is 15.4. The lowest BCUT2D eigenvalue weighted by Gasteiger charge is -2.17. The molecule has 1 saturated heterocycles. The molecular formula is C17H22N2O3. The maximum atomic E-state index is 12.6. The monoisotopic (exact) mass is 302 g/mol. The second-order valence-corrected chi connectivity index (χ2v) is 5.75. The second kappa shape index (κ2) is 6.94. The molecule has 2 aromatic rings. The largest absolute Gasteiger partial charge is 0.382 e. The zero-order valence-corrected chi connectivity index (χ0v) is 12.9. The first-order valence-corrected chi connectivity index (χ1v) is 7.71. The van der Waals surface area contributed by atoms with Gasteiger partial charge in [-0.1, -0.05) is 6.07 Å². The summed E-state index contributed by atoms with van der Waals surface area (Å²) in [7, 11) is 1.67. The van der Waals surface area contributed by atoms with E-state index in [2.05, 4.69) is 4.98 Å². The number of hydrogen-bond acceptors (Lipinski definition) is 3. The standard InChI is InChI=1S/C17H22N2O3/c1-21-8-9-22-12-13-5-7-19(11-13)17(20)15-3-2-14-4-6-18-16(14)10-15/h2-4,6,10,13,18H,5,7-9,11-12H2,1H3. The Bertz CT molecular complexity index is 638. The molecule has 1 atom stereocenters. The van der Waals surface area contributed by atoms with Crippen molar-refractivity contribution in [2.45, 2.75) is 6.42 Å². The van der Waals surface area contributed by atoms with Gasteiger partial charge in [-0.2, -0.15) is 0 Å². The van der Waals surface area contributed by atoms with Crippen molar-refractivity contribution in [1.82, 2.24) is 9.88 Å². The van der Waals surface area contributed by atoms with Gasteiger partial charge in [-0.15, -0.1) is 0 Å². The summed E-state index contributed by atoms with van der Waals surface area (Å²) < 4.78 is 10.5. The van der Waals surface area contributed by atoms with Crippen molar-refractivity contribution in [3.63, 3.8) is 0 Å². The third-order valence-electron chi connectivity index (χ3n) is 4.16. The molecule has 1 amide bonds. The van der Waals surface area contributed by atoms with Crippen LogP contribution >= 0.6 is 0 Å². The summed E-state index contributed by atoms with van der Waals surface area (Å²) in [6, 6.07) is 7.83. The number of hydrogen-bond donors (Lipinski definition) is 1. The summed E-state index contributed by atoms with van der Waals surface area (Å²) >= 11 is 0. The van der Waals surface area contributed by atoms with Crippen LogP contribution < -0.4 is 0 Å². The lowest BCUT2D eigenvalue weighted by molar-refractivity contribution is 0.0515. The SMILES string of the molecule is COCCOCC1CCN(C(=O)c2ccc3cc[nH]c3c2)C1. The molecule has 1 aliphatic heterocycles. The zero-order valence-electron chi connectivity index (χ0n) is 12.9. The number of H-pyrrole nitrogens is 1. The van der Waals surface area contributed by atoms with Gasteiger partial charge in [0.15, 0.2) is 0 Å². The Labute approximate surface area is 130 Å². The number of carbonyl (C=O) groups is 1. The Balaban J connectivity index is 1.56. The highest BCUT2D eigenvalue weighted by Gasteiger charge is 2.27. The summed E-state index contributed by atoms with van der Waals surface area (Å²) in [5.41, 5.74) is 1.75. The van der Waals surface area contributed by atoms with E-state index in [4.69, 9.17) is 9.47 Å². The fraction of sp³-hybridized carbons (Fsp3) is 0.471. The van der Waals surface area contributed by atoms with Gasteiger partial charge in [-0.3, -0.25) is 4.79 Å². The maximum Gasteiger partial charge on any atom is 0.253 e. The molecule has 22 heavy (non-hydrogen) atoms. The van der Waals surface area contributed by atoms with Gasteiger partial charge in [0.1, 0.15) is 0 Å². The van der Waals surface area contributed by atoms with Gasteiger partial charge >= 0.3 is 0 Å². The summed E-state index contributed by atoms with van der Waals surface area (Å²) in [4.78, 5) is 17.7. The number of carbonyl (C=O) groups excluding carboxylic acids is 1. The van der Waals surface area contributed by atoms with Crippen molar-refractivity contribution in [2.24, 2.45) is 5.92 Å². The molecular weight excluding hydrogens is 280 g/mol. The molecule has 118 valence electrons. The maximum absolute atomic E-state index is 12.6. The van der Waals surface area contributed by atoms with Crippen molar-refractivity contribution >= 4 is 16.8 Å². The summed E-state index contributed by atoms with van der Waals surface area (Å²) in [6.45, 7) is 3.51. The number of likely N-dealkylation sites (tertiary alicyclic amines) is 1. The smallest absolute Gasteiger partial charge is 0.253 e. The topological polar surface area (TPSA) is 54.6 Å². The minimum absolute atomic E-state index is 0.107. The van der Waals surface area contributed by atoms with Gasteiger partial charge in [0.25, 0.3) is 5.91 Å². The fourth-order valence-electron chi connectivity index (χ4n) is 2.91. The molecule has 1 aliphatic rings. The number of nitrogens with one attached hydrogen (secondary N) is 1. The Morgan fingerprint density at radius 3 is 3.14 bits per heavy atom. The van der Waals surface area contributed by atoms with Crippen molar-refractivity contribution in [1.29, 1.82) is 0 Å². The molecule has 0 bridgehead atoms. The molecule has 0 radical (unpaired) electrons. The highest BCUT2D eigenvalue weighted by Crippen LogP contribution is 2.21. The number of methoxy groups -OCH3 is 1. The van der Waals surface area contributed by atoms with Crippen molar-refractivity contribution < 1.29 is 14.3 Å². The van der Waals surface area contributed by atoms with Crippen LogP contribution in [-0.2, 0) is 9.47 Å². The number of nitrogens with zero attached hydrogens (tertiary/aromatic N) is 1. The first-order valence-electron chi connectivity index (χ1n) is 7.71. The Kier molecular flexibility index (Phi) is 4.75. The molecule has 0 spiro atoms. The second-order valence-electron chi connectivity index (χ2n) is 5.75. The van der Waals surface area contributed by atoms with E-state index >= 15 is 0 Å². The van der Waals surface area contributed by atoms with E-state index in [0.29, 0.717) is 25.7 Å². The van der Waals surface area contributed by atoms with Crippen molar-refractivity contribution in [3.8, 4) is 0 Å². The minimum atomic E-state index is 0.107. The first-order chi connectivity index (χ1) is 10.8. The predicted octanol–water partition coefficient (Wildman–Crippen LogP) is 2.29. The predicted molar refractivity (Wildman–Crippen MR) is 85.0 cm³/mol. The molecule has 1 N–H and O–H groups in total. The van der Waals surface area contributed by atoms with Crippen LogP contribution in [0.15, 0.2) is 30.5 Å². The number of fused-ring (bicyclic) bond motifs is 1. The first kappa shape index (κ1) is 15.1. The number of aromatic amines is 1. The van der Waals surface area contributed by atoms with Gasteiger partial charge in [-0.05, 0) is 30.0 Å². The number of aromatic nitrogens is 1. The summed E-state index contributed by atoms with van der Waals surface area (Å²) in [6.07, 6.45) is 2.89. The third-order valence-corrected chi connectivity index (χ3v) is 4.16. The Hall–Kier alpha value is -1.85. The van der Waals surface area contributed by atoms with Crippen LogP contribution in [0.4, 0.5) is 0 Å². The van der Waals surface area contributed by atoms with Crippen LogP contribution in [0.25, 0.3) is 10.9 Å². The van der Waals surface area contributed by atoms with Crippen LogP contribution in [0.2, 0.25) is 0 Å². The quantitative estimate of drug-likeness (QED) is 0.833. The van der Waals surface area contributed by atoms with Gasteiger partial charge in [0.2, 0.25) is 0 Å². The van der Waals surface area contributed by atoms with Crippen LogP contribution in [0.3, 0.4) is 0 Å². The van der Waals surface area contributed by atoms with Crippen molar-refractivity contribution in [3.05, 3.63) is 36.0 Å². The average Bonchev–Trinajstić information content (AvgIpc) is 3.19. The van der Waals surface area contributed by atoms with Gasteiger partial charge in [0.05, 0.1) is 19.8 Å². The van der Waals surface area contributed by atoms with Crippen LogP contribution in [-0.4, -0.2) is 55.8 Å². The molecule has 1 fully saturated rings. The van der Waals surface area contributed by atoms with Crippen LogP contribution in [0.5, 0.6) is 0 Å². The molecule has 2 heterocycles. The minimum Gasteiger partial charge on any atom is -0.382 e. The van der Waals surface area contributed by atoms with E-state index in [1.54, 1.807) is 7.11 Å². The molecule has 1 aromatic carbocycles. The van der Waals surface area contributed by atoms with E-state index in [0.717, 1.165) is 36.0 Å². The molecule has 0 aliphatic carbocycles. The van der Waals surface area contributed by atoms with E-state index in [9.17, 15) is 4.79 Å². The lowest BCUT2D eigenvalue weighted by atomic mass is 10.1. The average molecular weight is 302 g/mol. The molecule has 3 rings (SSSR count). The van der Waals surface area contributed by atoms with Gasteiger partial charge in [0, 0.05) is 43.4 Å². The van der Waals surface area contributed by atoms with Gasteiger partial charge < -0.3 is 19.4 Å². The van der Waals surface area contributed by atoms with E-state index in [-0.39, 0.29) is 5.91 Å². The highest BCUT2D eigenvalue weighted by molar-refractivity contribution is 5.98. The highest BCUT2D eigenvalue weighted by atomic mass is 16.5. The van der Waals surface area contributed by atoms with Crippen molar-refractivity contribution in [2.75, 3.05) is 40.0 Å². The molecule has 0 saturated carbocycles. The molecule has 5 nitrogen and oxygen atoms in total.